The van der Waals surface area contributed by atoms with E-state index >= 15 is 0 Å². The molecule has 0 bridgehead atoms. The Kier molecular flexibility index (Phi) is 6.56. The van der Waals surface area contributed by atoms with Crippen molar-refractivity contribution in [3.8, 4) is 0 Å². The molecule has 0 radical (unpaired) electrons. The third kappa shape index (κ3) is 4.94. The number of carbonyl (C=O) groups excluding carboxylic acids is 1. The van der Waals surface area contributed by atoms with Crippen LogP contribution in [0, 0.1) is 9.49 Å². The van der Waals surface area contributed by atoms with Gasteiger partial charge in [0.1, 0.15) is 6.04 Å². The number of nitrogens with two attached hydrogens (primary N) is 1. The highest BCUT2D eigenvalue weighted by atomic mass is 127. The Labute approximate surface area is 163 Å². The lowest BCUT2D eigenvalue weighted by Crippen LogP contribution is -2.49. The van der Waals surface area contributed by atoms with Crippen LogP contribution in [-0.2, 0) is 16.0 Å². The predicted octanol–water partition coefficient (Wildman–Crippen LogP) is 2.00. The van der Waals surface area contributed by atoms with E-state index in [0.29, 0.717) is 5.56 Å². The first-order valence-electron chi connectivity index (χ1n) is 7.65. The molecule has 2 rings (SSSR count). The van der Waals surface area contributed by atoms with Crippen molar-refractivity contribution in [3.63, 3.8) is 0 Å². The zero-order chi connectivity index (χ0) is 19.3. The molecule has 2 aromatic carbocycles. The molecular weight excluding hydrogens is 451 g/mol. The minimum atomic E-state index is -1.60. The summed E-state index contributed by atoms with van der Waals surface area (Å²) in [7, 11) is 0. The Morgan fingerprint density at radius 2 is 1.69 bits per heavy atom. The highest BCUT2D eigenvalue weighted by molar-refractivity contribution is 14.1. The fourth-order valence-corrected chi connectivity index (χ4v) is 2.99. The van der Waals surface area contributed by atoms with Crippen LogP contribution >= 0.6 is 22.6 Å². The minimum absolute atomic E-state index is 0.0325. The fourth-order valence-electron chi connectivity index (χ4n) is 2.49. The first kappa shape index (κ1) is 19.7. The summed E-state index contributed by atoms with van der Waals surface area (Å²) >= 11 is 2.00. The molecule has 0 saturated carbocycles. The number of carboxylic acids is 2. The van der Waals surface area contributed by atoms with Gasteiger partial charge in [0.2, 0.25) is 0 Å². The van der Waals surface area contributed by atoms with Gasteiger partial charge in [-0.2, -0.15) is 0 Å². The highest BCUT2D eigenvalue weighted by Gasteiger charge is 2.35. The third-order valence-corrected chi connectivity index (χ3v) is 4.50. The first-order chi connectivity index (χ1) is 12.3. The summed E-state index contributed by atoms with van der Waals surface area (Å²) in [6.07, 6.45) is -0.0325. The summed E-state index contributed by atoms with van der Waals surface area (Å²) in [5.41, 5.74) is 6.72. The Bertz CT molecular complexity index is 826. The maximum atomic E-state index is 12.5. The normalized spacial score (nSPS) is 12.8. The molecule has 7 nitrogen and oxygen atoms in total. The molecule has 8 heteroatoms. The summed E-state index contributed by atoms with van der Waals surface area (Å²) in [6, 6.07) is 11.8. The second-order valence-corrected chi connectivity index (χ2v) is 6.90. The van der Waals surface area contributed by atoms with E-state index in [9.17, 15) is 24.6 Å². The van der Waals surface area contributed by atoms with E-state index in [1.165, 1.54) is 12.1 Å². The number of rotatable bonds is 7. The quantitative estimate of drug-likeness (QED) is 0.364. The molecule has 136 valence electrons. The van der Waals surface area contributed by atoms with Gasteiger partial charge in [0, 0.05) is 9.26 Å². The number of carboxylic acid groups (broad SMARTS) is 2. The SMILES string of the molecule is Nc1ccc(I)cc1C(=O)N[C@H](C(=O)O)C(Cc1ccccc1)C(=O)O. The Morgan fingerprint density at radius 3 is 2.27 bits per heavy atom. The summed E-state index contributed by atoms with van der Waals surface area (Å²) in [5.74, 6) is -4.79. The number of carbonyl (C=O) groups is 3. The van der Waals surface area contributed by atoms with E-state index in [0.717, 1.165) is 3.57 Å². The number of benzene rings is 2. The van der Waals surface area contributed by atoms with Gasteiger partial charge in [-0.3, -0.25) is 9.59 Å². The average Bonchev–Trinajstić information content (AvgIpc) is 2.60. The molecule has 0 aliphatic carbocycles. The minimum Gasteiger partial charge on any atom is -0.481 e. The van der Waals surface area contributed by atoms with E-state index in [1.54, 1.807) is 36.4 Å². The molecule has 0 saturated heterocycles. The van der Waals surface area contributed by atoms with E-state index in [2.05, 4.69) is 5.32 Å². The lowest BCUT2D eigenvalue weighted by atomic mass is 9.91. The maximum Gasteiger partial charge on any atom is 0.327 e. The van der Waals surface area contributed by atoms with Gasteiger partial charge in [-0.05, 0) is 52.8 Å². The molecule has 1 unspecified atom stereocenters. The zero-order valence-corrected chi connectivity index (χ0v) is 15.7. The van der Waals surface area contributed by atoms with E-state index in [4.69, 9.17) is 5.73 Å². The second-order valence-electron chi connectivity index (χ2n) is 5.66. The predicted molar refractivity (Wildman–Crippen MR) is 104 cm³/mol. The first-order valence-corrected chi connectivity index (χ1v) is 8.73. The summed E-state index contributed by atoms with van der Waals surface area (Å²) in [5, 5.41) is 21.3. The number of amides is 1. The van der Waals surface area contributed by atoms with Gasteiger partial charge in [-0.25, -0.2) is 4.79 Å². The number of halogens is 1. The molecule has 0 spiro atoms. The van der Waals surface area contributed by atoms with Gasteiger partial charge in [-0.15, -0.1) is 0 Å². The van der Waals surface area contributed by atoms with E-state index < -0.39 is 29.8 Å². The number of anilines is 1. The zero-order valence-electron chi connectivity index (χ0n) is 13.6. The van der Waals surface area contributed by atoms with Crippen LogP contribution in [0.2, 0.25) is 0 Å². The van der Waals surface area contributed by atoms with Crippen LogP contribution in [0.3, 0.4) is 0 Å². The molecule has 0 heterocycles. The van der Waals surface area contributed by atoms with Gasteiger partial charge >= 0.3 is 11.9 Å². The Balaban J connectivity index is 2.27. The van der Waals surface area contributed by atoms with Crippen molar-refractivity contribution in [2.75, 3.05) is 5.73 Å². The lowest BCUT2D eigenvalue weighted by molar-refractivity contribution is -0.150. The van der Waals surface area contributed by atoms with Crippen molar-refractivity contribution >= 4 is 46.1 Å². The third-order valence-electron chi connectivity index (χ3n) is 3.83. The van der Waals surface area contributed by atoms with Crippen LogP contribution in [0.15, 0.2) is 48.5 Å². The number of hydrogen-bond donors (Lipinski definition) is 4. The van der Waals surface area contributed by atoms with E-state index in [-0.39, 0.29) is 17.7 Å². The molecule has 0 aliphatic heterocycles. The highest BCUT2D eigenvalue weighted by Crippen LogP contribution is 2.18. The van der Waals surface area contributed by atoms with E-state index in [1.807, 2.05) is 22.6 Å². The molecule has 26 heavy (non-hydrogen) atoms. The smallest absolute Gasteiger partial charge is 0.327 e. The molecule has 5 N–H and O–H groups in total. The Hall–Kier alpha value is -2.62. The van der Waals surface area contributed by atoms with Crippen LogP contribution in [0.25, 0.3) is 0 Å². The van der Waals surface area contributed by atoms with Crippen molar-refractivity contribution in [2.45, 2.75) is 12.5 Å². The van der Waals surface area contributed by atoms with Gasteiger partial charge in [0.25, 0.3) is 5.91 Å². The lowest BCUT2D eigenvalue weighted by Gasteiger charge is -2.22. The number of nitrogen functional groups attached to an aromatic ring is 1. The number of hydrogen-bond acceptors (Lipinski definition) is 4. The number of nitrogens with one attached hydrogen (secondary N) is 1. The van der Waals surface area contributed by atoms with Crippen LogP contribution in [0.1, 0.15) is 15.9 Å². The summed E-state index contributed by atoms with van der Waals surface area (Å²) in [6.45, 7) is 0. The molecule has 1 amide bonds. The summed E-state index contributed by atoms with van der Waals surface area (Å²) < 4.78 is 0.743. The summed E-state index contributed by atoms with van der Waals surface area (Å²) in [4.78, 5) is 35.8. The topological polar surface area (TPSA) is 130 Å². The molecule has 2 aromatic rings. The van der Waals surface area contributed by atoms with Gasteiger partial charge in [-0.1, -0.05) is 30.3 Å². The molecular formula is C18H17IN2O5. The number of aliphatic carboxylic acids is 2. The maximum absolute atomic E-state index is 12.5. The van der Waals surface area contributed by atoms with Crippen molar-refractivity contribution in [1.82, 2.24) is 5.32 Å². The molecule has 2 atom stereocenters. The van der Waals surface area contributed by atoms with Gasteiger partial charge < -0.3 is 21.3 Å². The molecule has 0 aromatic heterocycles. The molecule has 0 fully saturated rings. The fraction of sp³-hybridized carbons (Fsp3) is 0.167. The van der Waals surface area contributed by atoms with Crippen molar-refractivity contribution in [2.24, 2.45) is 5.92 Å². The van der Waals surface area contributed by atoms with Crippen molar-refractivity contribution in [1.29, 1.82) is 0 Å². The van der Waals surface area contributed by atoms with Gasteiger partial charge in [0.05, 0.1) is 11.5 Å². The van der Waals surface area contributed by atoms with Crippen molar-refractivity contribution in [3.05, 3.63) is 63.2 Å². The molecule has 0 aliphatic rings. The average molecular weight is 468 g/mol. The van der Waals surface area contributed by atoms with Crippen molar-refractivity contribution < 1.29 is 24.6 Å². The standard InChI is InChI=1S/C18H17IN2O5/c19-11-6-7-14(20)12(9-11)16(22)21-15(18(25)26)13(17(23)24)8-10-4-2-1-3-5-10/h1-7,9,13,15H,8,20H2,(H,21,22)(H,23,24)(H,25,26)/t13?,15-/m0/s1. The monoisotopic (exact) mass is 468 g/mol. The Morgan fingerprint density at radius 1 is 1.04 bits per heavy atom. The largest absolute Gasteiger partial charge is 0.481 e. The van der Waals surface area contributed by atoms with Gasteiger partial charge in [0.15, 0.2) is 0 Å². The van der Waals surface area contributed by atoms with Crippen LogP contribution in [0.4, 0.5) is 5.69 Å². The van der Waals surface area contributed by atoms with Crippen LogP contribution in [0.5, 0.6) is 0 Å². The van der Waals surface area contributed by atoms with Crippen LogP contribution in [-0.4, -0.2) is 34.1 Å². The van der Waals surface area contributed by atoms with Crippen LogP contribution < -0.4 is 11.1 Å². The second kappa shape index (κ2) is 8.65.